The third kappa shape index (κ3) is 6.27. The lowest BCUT2D eigenvalue weighted by Gasteiger charge is -2.50. The molecule has 350 valence electrons. The molecule has 0 saturated heterocycles. The Hall–Kier alpha value is -6.94. The molecule has 8 atom stereocenters. The first kappa shape index (κ1) is 47.0. The lowest BCUT2D eigenvalue weighted by Crippen LogP contribution is -2.65. The number of nitro groups is 1. The highest BCUT2D eigenvalue weighted by Gasteiger charge is 2.66. The number of likely N-dealkylation sites (N-methyl/N-ethyl adjacent to an activating group) is 2. The monoisotopic (exact) mass is 915 g/mol. The zero-order valence-corrected chi connectivity index (χ0v) is 36.8. The number of phenolic OH excluding ortho intramolecular Hbond substituents is 2. The van der Waals surface area contributed by atoms with E-state index in [1.54, 1.807) is 27.1 Å². The quantitative estimate of drug-likeness (QED) is 0.112. The van der Waals surface area contributed by atoms with Crippen LogP contribution in [0.15, 0.2) is 45.9 Å². The van der Waals surface area contributed by atoms with Crippen LogP contribution < -0.4 is 11.5 Å². The Labute approximate surface area is 375 Å². The van der Waals surface area contributed by atoms with Crippen molar-refractivity contribution in [2.75, 3.05) is 28.2 Å². The molecule has 0 unspecified atom stereocenters. The Morgan fingerprint density at radius 2 is 1.02 bits per heavy atom. The molecule has 12 N–H and O–H groups in total. The molecule has 66 heavy (non-hydrogen) atoms. The number of hydrogen-bond acceptors (Lipinski definition) is 18. The minimum atomic E-state index is -2.75. The second kappa shape index (κ2) is 15.6. The van der Waals surface area contributed by atoms with Gasteiger partial charge in [-0.15, -0.1) is 0 Å². The van der Waals surface area contributed by atoms with Crippen LogP contribution in [-0.2, 0) is 41.6 Å². The smallest absolute Gasteiger partial charge is 0.273 e. The molecule has 6 aliphatic carbocycles. The van der Waals surface area contributed by atoms with Gasteiger partial charge in [-0.05, 0) is 109 Å². The number of Topliss-reactive ketones (excluding diaryl/α,β-unsaturated/α-hetero) is 4. The average molecular weight is 916 g/mol. The van der Waals surface area contributed by atoms with E-state index < -0.39 is 127 Å². The van der Waals surface area contributed by atoms with E-state index in [4.69, 9.17) is 11.5 Å². The van der Waals surface area contributed by atoms with Crippen molar-refractivity contribution in [1.82, 2.24) is 9.80 Å². The number of carbonyl (C=O) groups excluding carboxylic acids is 6. The van der Waals surface area contributed by atoms with Gasteiger partial charge in [-0.2, -0.15) is 0 Å². The number of nitrogens with zero attached hydrogens (tertiary/aromatic N) is 3. The fourth-order valence-electron chi connectivity index (χ4n) is 11.3. The molecule has 2 aromatic rings. The standard InChI is InChI=1S/C23H26N2O7.C22H23N3O9/c1-8-5-9(2)17(26)14-11(8)6-10-7-12-16(25(3)4)19(28)15(22(24)31)21(30)23(12,32)20(29)13(10)18(14)27;1-7-4-11(25(33)34)9-5-8-6-10-15(24(2)3)18(28)14(21(23)31)20(30)22(10,32)19(29)12(8)17(27)13(9)16(7)26/h5,10,12,16,26-27,30,32H,6-7H2,1-4H3,(H2,24,31);4,8,10,15,26-27,30,32H,5-6H2,1-3H3,(H2,23,31)/t10-,12-,16-,23-;8-,10-,15-,22-/m00/s1. The highest BCUT2D eigenvalue weighted by atomic mass is 16.6. The summed E-state index contributed by atoms with van der Waals surface area (Å²) in [5.41, 5.74) is 4.56. The summed E-state index contributed by atoms with van der Waals surface area (Å²) in [6.45, 7) is 4.90. The van der Waals surface area contributed by atoms with E-state index in [2.05, 4.69) is 0 Å². The number of aliphatic hydroxyl groups is 6. The van der Waals surface area contributed by atoms with Gasteiger partial charge in [-0.3, -0.25) is 48.7 Å². The van der Waals surface area contributed by atoms with Crippen molar-refractivity contribution in [3.63, 3.8) is 0 Å². The van der Waals surface area contributed by atoms with E-state index in [1.165, 1.54) is 30.8 Å². The molecular weight excluding hydrogens is 867 g/mol. The number of amides is 2. The summed E-state index contributed by atoms with van der Waals surface area (Å²) in [7, 11) is 6.11. The van der Waals surface area contributed by atoms with Crippen LogP contribution in [0.4, 0.5) is 5.69 Å². The highest BCUT2D eigenvalue weighted by Crippen LogP contribution is 2.55. The van der Waals surface area contributed by atoms with E-state index >= 15 is 0 Å². The van der Waals surface area contributed by atoms with E-state index in [9.17, 15) is 79.7 Å². The number of carbonyl (C=O) groups is 6. The first-order valence-electron chi connectivity index (χ1n) is 20.7. The maximum absolute atomic E-state index is 13.6. The molecule has 0 radical (unpaired) electrons. The van der Waals surface area contributed by atoms with Gasteiger partial charge in [0.25, 0.3) is 17.5 Å². The number of phenols is 2. The molecule has 6 aliphatic rings. The number of rotatable bonds is 5. The summed E-state index contributed by atoms with van der Waals surface area (Å²) in [5.74, 6) is -14.3. The van der Waals surface area contributed by atoms with Crippen LogP contribution in [0.25, 0.3) is 11.5 Å². The van der Waals surface area contributed by atoms with Gasteiger partial charge in [-0.1, -0.05) is 6.07 Å². The van der Waals surface area contributed by atoms with Crippen LogP contribution in [0.2, 0.25) is 0 Å². The van der Waals surface area contributed by atoms with Crippen LogP contribution in [0, 0.1) is 54.6 Å². The number of hydrogen-bond donors (Lipinski definition) is 10. The molecule has 8 rings (SSSR count). The third-order valence-corrected chi connectivity index (χ3v) is 14.2. The molecule has 21 heteroatoms. The second-order valence-electron chi connectivity index (χ2n) is 18.3. The third-order valence-electron chi connectivity index (χ3n) is 14.2. The van der Waals surface area contributed by atoms with Crippen LogP contribution in [0.5, 0.6) is 11.5 Å². The molecule has 2 aromatic carbocycles. The predicted molar refractivity (Wildman–Crippen MR) is 229 cm³/mol. The summed E-state index contributed by atoms with van der Waals surface area (Å²) in [5, 5.41) is 99.4. The number of aryl methyl sites for hydroxylation is 3. The van der Waals surface area contributed by atoms with Crippen molar-refractivity contribution in [2.45, 2.75) is 69.7 Å². The number of aliphatic hydroxyl groups excluding tert-OH is 4. The van der Waals surface area contributed by atoms with Crippen molar-refractivity contribution in [3.05, 3.63) is 95.0 Å². The second-order valence-corrected chi connectivity index (χ2v) is 18.3. The molecule has 2 fully saturated rings. The number of fused-ring (bicyclic) bond motifs is 6. The first-order valence-corrected chi connectivity index (χ1v) is 20.7. The molecule has 0 bridgehead atoms. The van der Waals surface area contributed by atoms with Crippen LogP contribution in [0.3, 0.4) is 0 Å². The van der Waals surface area contributed by atoms with Gasteiger partial charge >= 0.3 is 0 Å². The SMILES string of the molecule is Cc1cc(C)c2c(c1O)C(O)=C1C(=O)[C@]3(O)C(O)=C(C(N)=O)C(=O)[C@@H](N(C)C)[C@@H]3C[C@@H]1C2.Cc1cc([N+](=O)[O-])c2c(c1O)C(O)=C1C(=O)[C@]3(O)C(O)=C(C(N)=O)C(=O)[C@@H](N(C)C)[C@@H]3C[C@@H]1C2. The van der Waals surface area contributed by atoms with Gasteiger partial charge in [0.1, 0.15) is 45.7 Å². The number of primary amides is 2. The molecule has 2 amide bonds. The molecule has 21 nitrogen and oxygen atoms in total. The number of nitro benzene ring substituents is 1. The van der Waals surface area contributed by atoms with E-state index in [1.807, 2.05) is 6.92 Å². The number of aromatic hydroxyl groups is 2. The Morgan fingerprint density at radius 1 is 0.652 bits per heavy atom. The van der Waals surface area contributed by atoms with E-state index in [0.717, 1.165) is 11.6 Å². The summed E-state index contributed by atoms with van der Waals surface area (Å²) in [6, 6.07) is 0.640. The number of ketones is 4. The van der Waals surface area contributed by atoms with Gasteiger partial charge in [0, 0.05) is 34.6 Å². The Bertz CT molecular complexity index is 2800. The van der Waals surface area contributed by atoms with Crippen molar-refractivity contribution in [3.8, 4) is 11.5 Å². The van der Waals surface area contributed by atoms with Crippen molar-refractivity contribution in [2.24, 2.45) is 35.1 Å². The fourth-order valence-corrected chi connectivity index (χ4v) is 11.3. The van der Waals surface area contributed by atoms with Crippen LogP contribution in [0.1, 0.15) is 51.8 Å². The zero-order chi connectivity index (χ0) is 49.3. The molecule has 0 spiro atoms. The first-order chi connectivity index (χ1) is 30.6. The maximum Gasteiger partial charge on any atom is 0.273 e. The van der Waals surface area contributed by atoms with E-state index in [-0.39, 0.29) is 64.1 Å². The average Bonchev–Trinajstić information content (AvgIpc) is 3.20. The van der Waals surface area contributed by atoms with Gasteiger partial charge in [0.2, 0.25) is 11.6 Å². The summed E-state index contributed by atoms with van der Waals surface area (Å²) in [6.07, 6.45) is 0.101. The van der Waals surface area contributed by atoms with Gasteiger partial charge in [-0.25, -0.2) is 0 Å². The molecule has 0 aliphatic heterocycles. The highest BCUT2D eigenvalue weighted by molar-refractivity contribution is 6.25. The summed E-state index contributed by atoms with van der Waals surface area (Å²) in [4.78, 5) is 91.0. The van der Waals surface area contributed by atoms with Crippen LogP contribution in [-0.4, -0.2) is 142 Å². The zero-order valence-electron chi connectivity index (χ0n) is 36.8. The largest absolute Gasteiger partial charge is 0.508 e. The summed E-state index contributed by atoms with van der Waals surface area (Å²) >= 11 is 0. The topological polar surface area (TPSA) is 366 Å². The van der Waals surface area contributed by atoms with Crippen molar-refractivity contribution >= 4 is 52.2 Å². The maximum atomic E-state index is 13.6. The fraction of sp³-hybridized carbons (Fsp3) is 0.422. The lowest BCUT2D eigenvalue weighted by molar-refractivity contribution is -0.385. The lowest BCUT2D eigenvalue weighted by atomic mass is 9.57. The van der Waals surface area contributed by atoms with Gasteiger partial charge in [0.05, 0.1) is 28.1 Å². The van der Waals surface area contributed by atoms with Crippen molar-refractivity contribution < 1.29 is 74.5 Å². The molecule has 0 heterocycles. The Morgan fingerprint density at radius 3 is 1.38 bits per heavy atom. The molecule has 0 aromatic heterocycles. The minimum absolute atomic E-state index is 0.0127. The molecule has 2 saturated carbocycles. The van der Waals surface area contributed by atoms with Crippen molar-refractivity contribution in [1.29, 1.82) is 0 Å². The number of nitrogens with two attached hydrogens (primary N) is 2. The van der Waals surface area contributed by atoms with Crippen LogP contribution >= 0.6 is 0 Å². The Balaban J connectivity index is 0.000000197. The minimum Gasteiger partial charge on any atom is -0.508 e. The van der Waals surface area contributed by atoms with Gasteiger partial charge < -0.3 is 52.3 Å². The number of benzene rings is 2. The van der Waals surface area contributed by atoms with Gasteiger partial charge in [0.15, 0.2) is 22.8 Å². The predicted octanol–water partition coefficient (Wildman–Crippen LogP) is 0.761. The van der Waals surface area contributed by atoms with E-state index in [0.29, 0.717) is 17.5 Å². The normalized spacial score (nSPS) is 29.1. The Kier molecular flexibility index (Phi) is 11.1. The molecular formula is C45H49N5O16. The summed E-state index contributed by atoms with van der Waals surface area (Å²) < 4.78 is 0.